The van der Waals surface area contributed by atoms with Crippen LogP contribution in [0.4, 0.5) is 0 Å². The Labute approximate surface area is 145 Å². The third-order valence-corrected chi connectivity index (χ3v) is 4.54. The average Bonchev–Trinajstić information content (AvgIpc) is 2.60. The van der Waals surface area contributed by atoms with Gasteiger partial charge in [-0.2, -0.15) is 0 Å². The molecular formula is C19H20N2O4. The molecule has 2 atom stereocenters. The first kappa shape index (κ1) is 16.8. The van der Waals surface area contributed by atoms with E-state index in [1.807, 2.05) is 30.3 Å². The van der Waals surface area contributed by atoms with Gasteiger partial charge in [0, 0.05) is 25.5 Å². The van der Waals surface area contributed by atoms with Gasteiger partial charge in [-0.15, -0.1) is 0 Å². The molecule has 6 heteroatoms. The van der Waals surface area contributed by atoms with E-state index in [0.717, 1.165) is 5.56 Å². The number of phenols is 2. The molecule has 1 heterocycles. The normalized spacial score (nSPS) is 20.4. The lowest BCUT2D eigenvalue weighted by Crippen LogP contribution is -2.63. The van der Waals surface area contributed by atoms with E-state index in [0.29, 0.717) is 6.42 Å². The Balaban J connectivity index is 1.76. The van der Waals surface area contributed by atoms with Crippen molar-refractivity contribution in [1.29, 1.82) is 0 Å². The number of phenolic OH excluding ortho intramolecular Hbond substituents is 2. The Morgan fingerprint density at radius 1 is 0.960 bits per heavy atom. The average molecular weight is 340 g/mol. The summed E-state index contributed by atoms with van der Waals surface area (Å²) in [7, 11) is 1.60. The first-order valence-corrected chi connectivity index (χ1v) is 8.08. The third kappa shape index (κ3) is 3.42. The Hall–Kier alpha value is -3.02. The van der Waals surface area contributed by atoms with E-state index in [4.69, 9.17) is 0 Å². The van der Waals surface area contributed by atoms with Crippen molar-refractivity contribution < 1.29 is 19.8 Å². The summed E-state index contributed by atoms with van der Waals surface area (Å²) in [5.74, 6) is -0.693. The first-order chi connectivity index (χ1) is 12.0. The fourth-order valence-corrected chi connectivity index (χ4v) is 3.09. The zero-order valence-electron chi connectivity index (χ0n) is 13.8. The number of aromatic hydroxyl groups is 2. The lowest BCUT2D eigenvalue weighted by atomic mass is 9.96. The monoisotopic (exact) mass is 340 g/mol. The summed E-state index contributed by atoms with van der Waals surface area (Å²) < 4.78 is 0. The van der Waals surface area contributed by atoms with Crippen molar-refractivity contribution >= 4 is 11.8 Å². The fourth-order valence-electron chi connectivity index (χ4n) is 3.09. The molecule has 0 bridgehead atoms. The number of nitrogens with one attached hydrogen (secondary N) is 1. The van der Waals surface area contributed by atoms with Crippen LogP contribution in [0.5, 0.6) is 11.5 Å². The van der Waals surface area contributed by atoms with E-state index in [9.17, 15) is 19.8 Å². The molecule has 6 nitrogen and oxygen atoms in total. The molecule has 3 N–H and O–H groups in total. The molecule has 2 aromatic carbocycles. The van der Waals surface area contributed by atoms with Crippen LogP contribution in [0.25, 0.3) is 0 Å². The van der Waals surface area contributed by atoms with Crippen LogP contribution in [0.2, 0.25) is 0 Å². The van der Waals surface area contributed by atoms with Crippen LogP contribution in [0.1, 0.15) is 11.1 Å². The highest BCUT2D eigenvalue weighted by Crippen LogP contribution is 2.28. The van der Waals surface area contributed by atoms with Crippen LogP contribution < -0.4 is 5.32 Å². The molecule has 25 heavy (non-hydrogen) atoms. The predicted octanol–water partition coefficient (Wildman–Crippen LogP) is 1.21. The number of carbonyl (C=O) groups is 2. The SMILES string of the molecule is CN1C(=O)[C@H](Cc2c(O)cccc2O)NC(=O)[C@@H]1Cc1ccccc1. The number of carbonyl (C=O) groups excluding carboxylic acids is 2. The van der Waals surface area contributed by atoms with Crippen molar-refractivity contribution in [1.82, 2.24) is 10.2 Å². The number of benzene rings is 2. The van der Waals surface area contributed by atoms with E-state index in [1.54, 1.807) is 7.05 Å². The second-order valence-electron chi connectivity index (χ2n) is 6.19. The van der Waals surface area contributed by atoms with Crippen LogP contribution in [-0.4, -0.2) is 46.1 Å². The zero-order valence-corrected chi connectivity index (χ0v) is 13.8. The Kier molecular flexibility index (Phi) is 4.61. The lowest BCUT2D eigenvalue weighted by Gasteiger charge is -2.36. The maximum atomic E-state index is 12.6. The number of hydrogen-bond acceptors (Lipinski definition) is 4. The molecule has 0 saturated carbocycles. The molecule has 0 unspecified atom stereocenters. The third-order valence-electron chi connectivity index (χ3n) is 4.54. The maximum Gasteiger partial charge on any atom is 0.245 e. The Bertz CT molecular complexity index is 771. The minimum Gasteiger partial charge on any atom is -0.508 e. The molecular weight excluding hydrogens is 320 g/mol. The summed E-state index contributed by atoms with van der Waals surface area (Å²) in [6, 6.07) is 12.5. The fraction of sp³-hybridized carbons (Fsp3) is 0.263. The second-order valence-corrected chi connectivity index (χ2v) is 6.19. The van der Waals surface area contributed by atoms with E-state index in [2.05, 4.69) is 5.32 Å². The number of hydrogen-bond donors (Lipinski definition) is 3. The summed E-state index contributed by atoms with van der Waals surface area (Å²) in [6.07, 6.45) is 0.467. The van der Waals surface area contributed by atoms with Crippen molar-refractivity contribution in [3.8, 4) is 11.5 Å². The van der Waals surface area contributed by atoms with Gasteiger partial charge in [0.2, 0.25) is 11.8 Å². The molecule has 130 valence electrons. The highest BCUT2D eigenvalue weighted by molar-refractivity contribution is 5.97. The van der Waals surface area contributed by atoms with Gasteiger partial charge in [-0.1, -0.05) is 36.4 Å². The number of rotatable bonds is 4. The van der Waals surface area contributed by atoms with Crippen molar-refractivity contribution in [3.05, 3.63) is 59.7 Å². The molecule has 3 rings (SSSR count). The summed E-state index contributed by atoms with van der Waals surface area (Å²) in [4.78, 5) is 26.6. The lowest BCUT2D eigenvalue weighted by molar-refractivity contribution is -0.147. The number of likely N-dealkylation sites (N-methyl/N-ethyl adjacent to an activating group) is 1. The summed E-state index contributed by atoms with van der Waals surface area (Å²) >= 11 is 0. The van der Waals surface area contributed by atoms with E-state index < -0.39 is 12.1 Å². The Morgan fingerprint density at radius 3 is 2.24 bits per heavy atom. The predicted molar refractivity (Wildman–Crippen MR) is 92.1 cm³/mol. The standard InChI is InChI=1S/C19H20N2O4/c1-21-15(10-12-6-3-2-4-7-12)18(24)20-14(19(21)25)11-13-16(22)8-5-9-17(13)23/h2-9,14-15,22-23H,10-11H2,1H3,(H,20,24)/t14-,15-/m0/s1. The molecule has 0 spiro atoms. The molecule has 0 radical (unpaired) electrons. The summed E-state index contributed by atoms with van der Waals surface area (Å²) in [6.45, 7) is 0. The van der Waals surface area contributed by atoms with E-state index >= 15 is 0 Å². The number of piperazine rings is 1. The molecule has 1 aliphatic rings. The minimum atomic E-state index is -0.816. The number of amides is 2. The van der Waals surface area contributed by atoms with Gasteiger partial charge < -0.3 is 20.4 Å². The molecule has 1 saturated heterocycles. The second kappa shape index (κ2) is 6.84. The molecule has 1 aliphatic heterocycles. The van der Waals surface area contributed by atoms with E-state index in [-0.39, 0.29) is 35.3 Å². The van der Waals surface area contributed by atoms with Gasteiger partial charge >= 0.3 is 0 Å². The van der Waals surface area contributed by atoms with Gasteiger partial charge in [0.1, 0.15) is 23.6 Å². The van der Waals surface area contributed by atoms with E-state index in [1.165, 1.54) is 23.1 Å². The van der Waals surface area contributed by atoms with Crippen molar-refractivity contribution in [2.75, 3.05) is 7.05 Å². The molecule has 0 aliphatic carbocycles. The van der Waals surface area contributed by atoms with Crippen LogP contribution in [-0.2, 0) is 22.4 Å². The van der Waals surface area contributed by atoms with Crippen molar-refractivity contribution in [2.45, 2.75) is 24.9 Å². The van der Waals surface area contributed by atoms with Gasteiger partial charge in [0.15, 0.2) is 0 Å². The zero-order chi connectivity index (χ0) is 18.0. The van der Waals surface area contributed by atoms with Gasteiger partial charge in [-0.3, -0.25) is 9.59 Å². The molecule has 2 amide bonds. The number of nitrogens with zero attached hydrogens (tertiary/aromatic N) is 1. The van der Waals surface area contributed by atoms with Gasteiger partial charge in [-0.25, -0.2) is 0 Å². The molecule has 2 aromatic rings. The first-order valence-electron chi connectivity index (χ1n) is 8.08. The quantitative estimate of drug-likeness (QED) is 0.780. The van der Waals surface area contributed by atoms with Gasteiger partial charge in [-0.05, 0) is 17.7 Å². The highest BCUT2D eigenvalue weighted by Gasteiger charge is 2.38. The van der Waals surface area contributed by atoms with Gasteiger partial charge in [0.25, 0.3) is 0 Å². The van der Waals surface area contributed by atoms with Crippen molar-refractivity contribution in [2.24, 2.45) is 0 Å². The van der Waals surface area contributed by atoms with Gasteiger partial charge in [0.05, 0.1) is 0 Å². The van der Waals surface area contributed by atoms with Crippen molar-refractivity contribution in [3.63, 3.8) is 0 Å². The van der Waals surface area contributed by atoms with Crippen LogP contribution >= 0.6 is 0 Å². The largest absolute Gasteiger partial charge is 0.508 e. The molecule has 0 aromatic heterocycles. The topological polar surface area (TPSA) is 89.9 Å². The van der Waals surface area contributed by atoms with Crippen LogP contribution in [0.3, 0.4) is 0 Å². The molecule has 1 fully saturated rings. The minimum absolute atomic E-state index is 0.0332. The highest BCUT2D eigenvalue weighted by atomic mass is 16.3. The maximum absolute atomic E-state index is 12.6. The summed E-state index contributed by atoms with van der Waals surface area (Å²) in [5, 5.41) is 22.5. The van der Waals surface area contributed by atoms with Crippen LogP contribution in [0, 0.1) is 0 Å². The smallest absolute Gasteiger partial charge is 0.245 e. The Morgan fingerprint density at radius 2 is 1.60 bits per heavy atom. The van der Waals surface area contributed by atoms with Crippen LogP contribution in [0.15, 0.2) is 48.5 Å². The summed E-state index contributed by atoms with van der Waals surface area (Å²) in [5.41, 5.74) is 1.22.